The number of hydrogen-bond acceptors (Lipinski definition) is 5. The van der Waals surface area contributed by atoms with Crippen LogP contribution in [0.15, 0.2) is 72.8 Å². The Morgan fingerprint density at radius 2 is 1.65 bits per heavy atom. The summed E-state index contributed by atoms with van der Waals surface area (Å²) in [4.78, 5) is 17.7. The Hall–Kier alpha value is -2.47. The van der Waals surface area contributed by atoms with Gasteiger partial charge in [-0.2, -0.15) is 0 Å². The topological polar surface area (TPSA) is 53.0 Å². The maximum Gasteiger partial charge on any atom is 0.310 e. The number of rotatable bonds is 5. The number of carbonyl (C=O) groups is 1. The van der Waals surface area contributed by atoms with Gasteiger partial charge in [0.25, 0.3) is 0 Å². The Morgan fingerprint density at radius 3 is 2.27 bits per heavy atom. The second kappa shape index (κ2) is 9.68. The number of benzene rings is 2. The van der Waals surface area contributed by atoms with E-state index in [1.165, 1.54) is 18.4 Å². The number of esters is 1. The van der Waals surface area contributed by atoms with Crippen LogP contribution in [-0.4, -0.2) is 59.7 Å². The number of carbonyl (C=O) groups excluding carboxylic acids is 1. The highest BCUT2D eigenvalue weighted by Gasteiger charge is 2.55. The summed E-state index contributed by atoms with van der Waals surface area (Å²) in [5, 5.41) is 12.1. The molecule has 0 unspecified atom stereocenters. The fourth-order valence-corrected chi connectivity index (χ4v) is 7.87. The van der Waals surface area contributed by atoms with Crippen LogP contribution < -0.4 is 0 Å². The minimum Gasteiger partial charge on any atom is -0.462 e. The molecule has 4 aliphatic rings. The number of fused-ring (bicyclic) bond motifs is 2. The molecule has 0 spiro atoms. The molecule has 5 atom stereocenters. The fraction of sp³-hybridized carbons (Fsp3) is 0.531. The number of ether oxygens (including phenoxy) is 1. The van der Waals surface area contributed by atoms with Crippen molar-refractivity contribution in [1.82, 2.24) is 9.80 Å². The van der Waals surface area contributed by atoms with Gasteiger partial charge in [-0.25, -0.2) is 0 Å². The molecule has 0 bridgehead atoms. The lowest BCUT2D eigenvalue weighted by Gasteiger charge is -2.50. The molecule has 2 saturated carbocycles. The molecule has 0 aromatic heterocycles. The summed E-state index contributed by atoms with van der Waals surface area (Å²) in [5.41, 5.74) is 2.21. The van der Waals surface area contributed by atoms with Crippen molar-refractivity contribution in [2.24, 2.45) is 23.2 Å². The molecule has 6 rings (SSSR count). The van der Waals surface area contributed by atoms with Gasteiger partial charge in [-0.15, -0.1) is 0 Å². The van der Waals surface area contributed by atoms with Crippen molar-refractivity contribution in [3.8, 4) is 0 Å². The van der Waals surface area contributed by atoms with Crippen LogP contribution in [0.4, 0.5) is 0 Å². The number of hydrogen-bond donors (Lipinski definition) is 1. The largest absolute Gasteiger partial charge is 0.462 e. The molecule has 2 aliphatic carbocycles. The molecule has 5 heteroatoms. The molecule has 2 heterocycles. The van der Waals surface area contributed by atoms with Crippen LogP contribution in [-0.2, 0) is 15.3 Å². The maximum atomic E-state index is 13.1. The quantitative estimate of drug-likeness (QED) is 0.472. The van der Waals surface area contributed by atoms with E-state index in [0.29, 0.717) is 11.8 Å². The standard InChI is InChI=1S/C32H40N2O3/c1-23-10-9-15-31(2)21-29-26(20-28(23)31)27(30(35)37-29)22-33-16-18-34(19-17-33)32(36,24-11-5-3-6-12-24)25-13-7-4-8-14-25/h3-8,11-14,26-29,36H,1,9-10,15-22H2,2H3/t26-,27+,28-,29-,31-/m1/s1. The number of aliphatic hydroxyl groups is 1. The zero-order chi connectivity index (χ0) is 25.6. The van der Waals surface area contributed by atoms with Crippen molar-refractivity contribution in [3.05, 3.63) is 83.9 Å². The summed E-state index contributed by atoms with van der Waals surface area (Å²) in [6.45, 7) is 10.7. The average molecular weight is 501 g/mol. The minimum atomic E-state index is -1.18. The van der Waals surface area contributed by atoms with E-state index in [1.54, 1.807) is 0 Å². The van der Waals surface area contributed by atoms with Crippen LogP contribution in [0.2, 0.25) is 0 Å². The van der Waals surface area contributed by atoms with E-state index in [0.717, 1.165) is 63.1 Å². The predicted octanol–water partition coefficient (Wildman–Crippen LogP) is 4.81. The maximum absolute atomic E-state index is 13.1. The van der Waals surface area contributed by atoms with Crippen LogP contribution in [0.3, 0.4) is 0 Å². The van der Waals surface area contributed by atoms with E-state index in [2.05, 4.69) is 23.3 Å². The SMILES string of the molecule is C=C1CCC[C@]2(C)C[C@H]3OC(=O)[C@@H](CN4CCN(C(O)(c5ccccc5)c5ccccc5)CC4)[C@H]3C[C@H]12. The Labute approximate surface area is 221 Å². The van der Waals surface area contributed by atoms with Gasteiger partial charge in [0.2, 0.25) is 0 Å². The molecule has 0 radical (unpaired) electrons. The third kappa shape index (κ3) is 4.35. The normalized spacial score (nSPS) is 33.0. The summed E-state index contributed by atoms with van der Waals surface area (Å²) < 4.78 is 6.01. The third-order valence-corrected chi connectivity index (χ3v) is 9.96. The molecule has 37 heavy (non-hydrogen) atoms. The van der Waals surface area contributed by atoms with Gasteiger partial charge in [0.05, 0.1) is 5.92 Å². The van der Waals surface area contributed by atoms with Crippen molar-refractivity contribution in [2.45, 2.75) is 50.9 Å². The van der Waals surface area contributed by atoms with E-state index in [-0.39, 0.29) is 23.4 Å². The van der Waals surface area contributed by atoms with Gasteiger partial charge < -0.3 is 9.84 Å². The number of nitrogens with zero attached hydrogens (tertiary/aromatic N) is 2. The summed E-state index contributed by atoms with van der Waals surface area (Å²) in [7, 11) is 0. The highest BCUT2D eigenvalue weighted by Crippen LogP contribution is 2.57. The summed E-state index contributed by atoms with van der Waals surface area (Å²) >= 11 is 0. The second-order valence-electron chi connectivity index (χ2n) is 12.1. The van der Waals surface area contributed by atoms with E-state index < -0.39 is 5.72 Å². The minimum absolute atomic E-state index is 0.00429. The Morgan fingerprint density at radius 1 is 1.03 bits per heavy atom. The summed E-state index contributed by atoms with van der Waals surface area (Å²) in [6.07, 6.45) is 5.65. The van der Waals surface area contributed by atoms with Crippen LogP contribution >= 0.6 is 0 Å². The lowest BCUT2D eigenvalue weighted by molar-refractivity contribution is -0.146. The molecule has 2 aliphatic heterocycles. The number of allylic oxidation sites excluding steroid dienone is 1. The highest BCUT2D eigenvalue weighted by molar-refractivity contribution is 5.75. The van der Waals surface area contributed by atoms with Gasteiger partial charge in [-0.05, 0) is 43.4 Å². The van der Waals surface area contributed by atoms with E-state index in [4.69, 9.17) is 4.74 Å². The van der Waals surface area contributed by atoms with Crippen molar-refractivity contribution in [3.63, 3.8) is 0 Å². The van der Waals surface area contributed by atoms with Gasteiger partial charge in [-0.1, -0.05) is 79.7 Å². The van der Waals surface area contributed by atoms with Crippen molar-refractivity contribution >= 4 is 5.97 Å². The zero-order valence-corrected chi connectivity index (χ0v) is 22.0. The van der Waals surface area contributed by atoms with Crippen molar-refractivity contribution < 1.29 is 14.6 Å². The van der Waals surface area contributed by atoms with Crippen LogP contribution in [0.5, 0.6) is 0 Å². The monoisotopic (exact) mass is 500 g/mol. The first-order valence-corrected chi connectivity index (χ1v) is 14.1. The molecular weight excluding hydrogens is 460 g/mol. The fourth-order valence-electron chi connectivity index (χ4n) is 7.87. The molecule has 1 N–H and O–H groups in total. The van der Waals surface area contributed by atoms with Crippen LogP contribution in [0.1, 0.15) is 50.2 Å². The number of piperazine rings is 1. The Bertz CT molecular complexity index is 1090. The lowest BCUT2D eigenvalue weighted by Crippen LogP contribution is -2.57. The van der Waals surface area contributed by atoms with Gasteiger partial charge in [0.15, 0.2) is 5.72 Å². The lowest BCUT2D eigenvalue weighted by atomic mass is 9.55. The van der Waals surface area contributed by atoms with E-state index >= 15 is 0 Å². The highest BCUT2D eigenvalue weighted by atomic mass is 16.6. The molecule has 5 nitrogen and oxygen atoms in total. The van der Waals surface area contributed by atoms with Gasteiger partial charge in [0.1, 0.15) is 6.10 Å². The Kier molecular flexibility index (Phi) is 6.50. The molecule has 2 aromatic rings. The first kappa shape index (κ1) is 24.8. The van der Waals surface area contributed by atoms with Gasteiger partial charge in [0, 0.05) is 49.8 Å². The first-order valence-electron chi connectivity index (χ1n) is 14.1. The van der Waals surface area contributed by atoms with Crippen LogP contribution in [0.25, 0.3) is 0 Å². The summed E-state index contributed by atoms with van der Waals surface area (Å²) in [5.74, 6) is 0.750. The third-order valence-electron chi connectivity index (χ3n) is 9.96. The smallest absolute Gasteiger partial charge is 0.310 e. The molecule has 4 fully saturated rings. The van der Waals surface area contributed by atoms with E-state index in [9.17, 15) is 9.90 Å². The molecule has 0 amide bonds. The molecule has 2 saturated heterocycles. The van der Waals surface area contributed by atoms with Crippen molar-refractivity contribution in [2.75, 3.05) is 32.7 Å². The van der Waals surface area contributed by atoms with Gasteiger partial charge in [-0.3, -0.25) is 14.6 Å². The zero-order valence-electron chi connectivity index (χ0n) is 22.0. The predicted molar refractivity (Wildman–Crippen MR) is 145 cm³/mol. The molecule has 2 aromatic carbocycles. The van der Waals surface area contributed by atoms with E-state index in [1.807, 2.05) is 60.7 Å². The molecule has 196 valence electrons. The summed E-state index contributed by atoms with van der Waals surface area (Å²) in [6, 6.07) is 19.9. The van der Waals surface area contributed by atoms with Crippen LogP contribution in [0, 0.1) is 23.2 Å². The average Bonchev–Trinajstić information content (AvgIpc) is 3.21. The Balaban J connectivity index is 1.15. The molecular formula is C32H40N2O3. The van der Waals surface area contributed by atoms with Gasteiger partial charge >= 0.3 is 5.97 Å². The second-order valence-corrected chi connectivity index (χ2v) is 12.1. The van der Waals surface area contributed by atoms with Crippen molar-refractivity contribution in [1.29, 1.82) is 0 Å². The first-order chi connectivity index (χ1) is 17.9.